The summed E-state index contributed by atoms with van der Waals surface area (Å²) in [5, 5.41) is 3.51. The smallest absolute Gasteiger partial charge is 0.260 e. The number of carbonyl (C=O) groups is 1. The molecule has 0 radical (unpaired) electrons. The first-order valence-corrected chi connectivity index (χ1v) is 12.3. The number of anilines is 4. The van der Waals surface area contributed by atoms with Crippen LogP contribution in [0.4, 0.5) is 22.9 Å². The predicted molar refractivity (Wildman–Crippen MR) is 121 cm³/mol. The fourth-order valence-electron chi connectivity index (χ4n) is 4.52. The van der Waals surface area contributed by atoms with Crippen molar-refractivity contribution in [2.45, 2.75) is 31.7 Å². The topological polar surface area (TPSA) is 82.6 Å². The van der Waals surface area contributed by atoms with Crippen molar-refractivity contribution in [3.8, 4) is 0 Å². The minimum Gasteiger partial charge on any atom is -0.367 e. The van der Waals surface area contributed by atoms with Crippen LogP contribution in [0.2, 0.25) is 0 Å². The molecule has 0 saturated heterocycles. The number of nitrogens with zero attached hydrogens (tertiary/aromatic N) is 3. The molecule has 2 aliphatic rings. The Labute approximate surface area is 178 Å². The van der Waals surface area contributed by atoms with E-state index < -0.39 is 9.84 Å². The Kier molecular flexibility index (Phi) is 5.44. The number of benzene rings is 1. The molecular formula is C22H28N4O3S. The second-order valence-corrected chi connectivity index (χ2v) is 10.6. The molecule has 0 unspecified atom stereocenters. The number of hydrogen-bond acceptors (Lipinski definition) is 6. The maximum Gasteiger partial charge on any atom is 0.260 e. The number of pyridine rings is 1. The summed E-state index contributed by atoms with van der Waals surface area (Å²) in [5.41, 5.74) is 3.21. The van der Waals surface area contributed by atoms with E-state index >= 15 is 0 Å². The Morgan fingerprint density at radius 2 is 1.73 bits per heavy atom. The van der Waals surface area contributed by atoms with Gasteiger partial charge in [0.15, 0.2) is 0 Å². The summed E-state index contributed by atoms with van der Waals surface area (Å²) in [6.45, 7) is 0. The van der Waals surface area contributed by atoms with E-state index in [2.05, 4.69) is 10.3 Å². The van der Waals surface area contributed by atoms with Crippen molar-refractivity contribution in [1.82, 2.24) is 4.98 Å². The maximum absolute atomic E-state index is 12.9. The van der Waals surface area contributed by atoms with Gasteiger partial charge in [-0.25, -0.2) is 13.4 Å². The van der Waals surface area contributed by atoms with E-state index in [0.29, 0.717) is 5.56 Å². The van der Waals surface area contributed by atoms with Crippen molar-refractivity contribution < 1.29 is 13.2 Å². The van der Waals surface area contributed by atoms with Crippen molar-refractivity contribution in [1.29, 1.82) is 0 Å². The highest BCUT2D eigenvalue weighted by molar-refractivity contribution is 7.90. The van der Waals surface area contributed by atoms with Gasteiger partial charge in [0.05, 0.1) is 34.6 Å². The average molecular weight is 429 g/mol. The van der Waals surface area contributed by atoms with Crippen LogP contribution in [-0.2, 0) is 9.84 Å². The Hall–Kier alpha value is -2.61. The number of hydrogen-bond donors (Lipinski definition) is 1. The molecule has 1 amide bonds. The van der Waals surface area contributed by atoms with Crippen LogP contribution in [0.15, 0.2) is 36.5 Å². The molecular weight excluding hydrogens is 400 g/mol. The van der Waals surface area contributed by atoms with Crippen molar-refractivity contribution in [3.63, 3.8) is 0 Å². The highest BCUT2D eigenvalue weighted by atomic mass is 32.2. The molecule has 4 rings (SSSR count). The van der Waals surface area contributed by atoms with Gasteiger partial charge in [-0.2, -0.15) is 0 Å². The molecule has 1 aromatic carbocycles. The van der Waals surface area contributed by atoms with E-state index in [1.165, 1.54) is 6.26 Å². The van der Waals surface area contributed by atoms with Crippen LogP contribution in [0.1, 0.15) is 36.0 Å². The first kappa shape index (κ1) is 20.7. The summed E-state index contributed by atoms with van der Waals surface area (Å²) < 4.78 is 23.1. The number of nitrogens with one attached hydrogen (secondary N) is 1. The molecule has 1 N–H and O–H groups in total. The number of rotatable bonds is 4. The van der Waals surface area contributed by atoms with Crippen molar-refractivity contribution in [3.05, 3.63) is 42.1 Å². The summed E-state index contributed by atoms with van der Waals surface area (Å²) in [5.74, 6) is 1.25. The number of aromatic nitrogens is 1. The van der Waals surface area contributed by atoms with Crippen LogP contribution in [0.25, 0.3) is 0 Å². The number of sulfone groups is 1. The van der Waals surface area contributed by atoms with Gasteiger partial charge in [0, 0.05) is 32.5 Å². The van der Waals surface area contributed by atoms with Gasteiger partial charge in [0.2, 0.25) is 0 Å². The molecule has 0 spiro atoms. The highest BCUT2D eigenvalue weighted by Crippen LogP contribution is 2.40. The van der Waals surface area contributed by atoms with Crippen LogP contribution in [0.3, 0.4) is 0 Å². The molecule has 1 aliphatic heterocycles. The normalized spacial score (nSPS) is 21.6. The lowest BCUT2D eigenvalue weighted by atomic mass is 9.87. The predicted octanol–water partition coefficient (Wildman–Crippen LogP) is 3.45. The molecule has 160 valence electrons. The van der Waals surface area contributed by atoms with Gasteiger partial charge in [-0.15, -0.1) is 0 Å². The highest BCUT2D eigenvalue weighted by Gasteiger charge is 2.28. The van der Waals surface area contributed by atoms with E-state index in [1.807, 2.05) is 42.3 Å². The van der Waals surface area contributed by atoms with Gasteiger partial charge in [-0.3, -0.25) is 4.79 Å². The lowest BCUT2D eigenvalue weighted by Crippen LogP contribution is -2.29. The third-order valence-electron chi connectivity index (χ3n) is 6.12. The minimum absolute atomic E-state index is 0.0529. The fourth-order valence-corrected chi connectivity index (χ4v) is 5.71. The zero-order chi connectivity index (χ0) is 21.5. The zero-order valence-corrected chi connectivity index (χ0v) is 18.4. The molecule has 0 bridgehead atoms. The largest absolute Gasteiger partial charge is 0.367 e. The third-order valence-corrected chi connectivity index (χ3v) is 7.20. The molecule has 1 aromatic heterocycles. The van der Waals surface area contributed by atoms with E-state index in [-0.39, 0.29) is 23.6 Å². The van der Waals surface area contributed by atoms with E-state index in [9.17, 15) is 13.2 Å². The summed E-state index contributed by atoms with van der Waals surface area (Å²) >= 11 is 0. The van der Waals surface area contributed by atoms with E-state index in [1.54, 1.807) is 18.1 Å². The van der Waals surface area contributed by atoms with Crippen LogP contribution in [0.5, 0.6) is 0 Å². The molecule has 1 aliphatic carbocycles. The molecule has 0 atom stereocenters. The van der Waals surface area contributed by atoms with Gasteiger partial charge in [-0.1, -0.05) is 12.1 Å². The zero-order valence-electron chi connectivity index (χ0n) is 17.6. The number of para-hydroxylation sites is 1. The molecule has 1 saturated carbocycles. The fraction of sp³-hybridized carbons (Fsp3) is 0.455. The maximum atomic E-state index is 12.9. The molecule has 7 nitrogen and oxygen atoms in total. The van der Waals surface area contributed by atoms with Gasteiger partial charge < -0.3 is 15.1 Å². The van der Waals surface area contributed by atoms with E-state index in [4.69, 9.17) is 0 Å². The van der Waals surface area contributed by atoms with Crippen LogP contribution in [-0.4, -0.2) is 51.5 Å². The third kappa shape index (κ3) is 4.14. The second-order valence-electron chi connectivity index (χ2n) is 8.45. The van der Waals surface area contributed by atoms with Gasteiger partial charge in [0.1, 0.15) is 15.7 Å². The number of fused-ring (bicyclic) bond motifs is 2. The Bertz CT molecular complexity index is 1060. The van der Waals surface area contributed by atoms with Gasteiger partial charge in [-0.05, 0) is 43.7 Å². The van der Waals surface area contributed by atoms with Crippen molar-refractivity contribution in [2.24, 2.45) is 5.92 Å². The molecule has 8 heteroatoms. The molecule has 2 heterocycles. The quantitative estimate of drug-likeness (QED) is 0.803. The molecule has 30 heavy (non-hydrogen) atoms. The average Bonchev–Trinajstić information content (AvgIpc) is 2.79. The first-order valence-electron chi connectivity index (χ1n) is 10.3. The molecule has 2 aromatic rings. The van der Waals surface area contributed by atoms with Crippen molar-refractivity contribution in [2.75, 3.05) is 41.2 Å². The summed E-state index contributed by atoms with van der Waals surface area (Å²) in [6.07, 6.45) is 6.72. The van der Waals surface area contributed by atoms with Crippen LogP contribution in [0, 0.1) is 5.92 Å². The summed E-state index contributed by atoms with van der Waals surface area (Å²) in [4.78, 5) is 21.1. The Balaban J connectivity index is 1.53. The molecule has 1 fully saturated rings. The van der Waals surface area contributed by atoms with Crippen LogP contribution >= 0.6 is 0 Å². The Morgan fingerprint density at radius 3 is 2.43 bits per heavy atom. The first-order chi connectivity index (χ1) is 14.2. The lowest BCUT2D eigenvalue weighted by Gasteiger charge is -2.29. The van der Waals surface area contributed by atoms with Gasteiger partial charge in [0.25, 0.3) is 5.91 Å². The minimum atomic E-state index is -2.92. The van der Waals surface area contributed by atoms with Crippen molar-refractivity contribution >= 4 is 38.6 Å². The second kappa shape index (κ2) is 7.91. The summed E-state index contributed by atoms with van der Waals surface area (Å²) in [7, 11) is 0.811. The van der Waals surface area contributed by atoms with Crippen LogP contribution < -0.4 is 15.1 Å². The number of amides is 1. The lowest BCUT2D eigenvalue weighted by molar-refractivity contribution is 0.0994. The van der Waals surface area contributed by atoms with Gasteiger partial charge >= 0.3 is 0 Å². The Morgan fingerprint density at radius 1 is 1.03 bits per heavy atom. The number of carbonyl (C=O) groups excluding carboxylic acids is 1. The standard InChI is InChI=1S/C22H28N4O3S/c1-25-18-7-5-4-6-17(18)22(27)26(2)20-13-23-21(12-19(20)25)24-16-10-8-15(9-11-16)14-30(3,28)29/h4-7,12-13,15-16H,8-11,14H2,1-3H3,(H,23,24). The monoisotopic (exact) mass is 428 g/mol. The summed E-state index contributed by atoms with van der Waals surface area (Å²) in [6, 6.07) is 9.87. The SMILES string of the molecule is CN1C(=O)c2ccccc2N(C)c2cc(NC3CCC(CS(C)(=O)=O)CC3)ncc21. The van der Waals surface area contributed by atoms with E-state index in [0.717, 1.165) is 48.6 Å².